The van der Waals surface area contributed by atoms with Crippen molar-refractivity contribution in [1.29, 1.82) is 0 Å². The van der Waals surface area contributed by atoms with E-state index >= 15 is 0 Å². The maximum Gasteiger partial charge on any atom is 0.273 e. The normalized spacial score (nSPS) is 19.4. The van der Waals surface area contributed by atoms with Gasteiger partial charge in [0.05, 0.1) is 29.3 Å². The number of aromatic amines is 1. The lowest BCUT2D eigenvalue weighted by atomic mass is 10.1. The lowest BCUT2D eigenvalue weighted by molar-refractivity contribution is -0.0704. The maximum absolute atomic E-state index is 12.4. The van der Waals surface area contributed by atoms with E-state index in [0.717, 1.165) is 52.6 Å². The van der Waals surface area contributed by atoms with Crippen molar-refractivity contribution in [3.8, 4) is 11.3 Å². The van der Waals surface area contributed by atoms with Gasteiger partial charge in [-0.1, -0.05) is 66.7 Å². The average Bonchev–Trinajstić information content (AvgIpc) is 3.36. The Balaban J connectivity index is 1.19. The molecule has 1 aromatic heterocycles. The molecule has 3 heterocycles. The third kappa shape index (κ3) is 5.91. The van der Waals surface area contributed by atoms with E-state index in [-0.39, 0.29) is 17.8 Å². The van der Waals surface area contributed by atoms with Crippen molar-refractivity contribution < 1.29 is 4.74 Å². The van der Waals surface area contributed by atoms with Gasteiger partial charge in [0.25, 0.3) is 5.56 Å². The first-order valence-corrected chi connectivity index (χ1v) is 13.6. The fourth-order valence-corrected chi connectivity index (χ4v) is 5.24. The van der Waals surface area contributed by atoms with Crippen molar-refractivity contribution in [2.45, 2.75) is 32.6 Å². The first-order chi connectivity index (χ1) is 19.5. The number of azo groups is 1. The minimum atomic E-state index is -0.239. The van der Waals surface area contributed by atoms with Crippen LogP contribution in [0.4, 0.5) is 5.69 Å². The van der Waals surface area contributed by atoms with Crippen molar-refractivity contribution in [2.24, 2.45) is 10.2 Å². The van der Waals surface area contributed by atoms with Crippen molar-refractivity contribution in [3.63, 3.8) is 0 Å². The number of aromatic nitrogens is 2. The van der Waals surface area contributed by atoms with Crippen molar-refractivity contribution in [1.82, 2.24) is 14.9 Å². The Morgan fingerprint density at radius 3 is 2.50 bits per heavy atom. The van der Waals surface area contributed by atoms with Crippen LogP contribution in [0, 0.1) is 0 Å². The molecule has 1 N–H and O–H groups in total. The molecule has 3 aromatic carbocycles. The van der Waals surface area contributed by atoms with Crippen LogP contribution in [0.2, 0.25) is 0 Å². The molecule has 0 aliphatic carbocycles. The van der Waals surface area contributed by atoms with Gasteiger partial charge in [0.1, 0.15) is 5.69 Å². The fourth-order valence-electron chi connectivity index (χ4n) is 5.24. The molecule has 40 heavy (non-hydrogen) atoms. The highest BCUT2D eigenvalue weighted by atomic mass is 16.5. The van der Waals surface area contributed by atoms with E-state index in [1.165, 1.54) is 5.56 Å². The van der Waals surface area contributed by atoms with Gasteiger partial charge in [-0.05, 0) is 54.5 Å². The Labute approximate surface area is 232 Å². The zero-order chi connectivity index (χ0) is 27.5. The van der Waals surface area contributed by atoms with Crippen LogP contribution >= 0.6 is 0 Å². The van der Waals surface area contributed by atoms with Crippen molar-refractivity contribution in [3.05, 3.63) is 123 Å². The lowest BCUT2D eigenvalue weighted by Crippen LogP contribution is -2.44. The Morgan fingerprint density at radius 1 is 0.950 bits per heavy atom. The number of hydrogen-bond acceptors (Lipinski definition) is 6. The third-order valence-electron chi connectivity index (χ3n) is 7.06. The molecule has 1 fully saturated rings. The van der Waals surface area contributed by atoms with Gasteiger partial charge in [-0.3, -0.25) is 9.69 Å². The molecule has 2 aliphatic heterocycles. The molecule has 0 unspecified atom stereocenters. The second kappa shape index (κ2) is 11.3. The SMILES string of the molecule is C[C@@H]1CN(Cc2ccc(/C=C/C3=c4ccc(=Cc5nc(-c6ccccc6)c[nH]c5=O)cc4N=N3)cc2)C[C@H](C)O1. The van der Waals surface area contributed by atoms with Crippen LogP contribution in [-0.4, -0.2) is 40.2 Å². The molecule has 0 radical (unpaired) electrons. The topological polar surface area (TPSA) is 82.9 Å². The smallest absolute Gasteiger partial charge is 0.273 e. The zero-order valence-corrected chi connectivity index (χ0v) is 22.6. The van der Waals surface area contributed by atoms with Gasteiger partial charge in [0.2, 0.25) is 0 Å². The fraction of sp³-hybridized carbons (Fsp3) is 0.212. The second-order valence-corrected chi connectivity index (χ2v) is 10.4. The number of hydrogen-bond donors (Lipinski definition) is 1. The summed E-state index contributed by atoms with van der Waals surface area (Å²) in [4.78, 5) is 22.3. The number of morpholine rings is 1. The monoisotopic (exact) mass is 529 g/mol. The molecule has 0 saturated carbocycles. The maximum atomic E-state index is 12.4. The summed E-state index contributed by atoms with van der Waals surface area (Å²) < 4.78 is 5.85. The summed E-state index contributed by atoms with van der Waals surface area (Å²) in [5.41, 5.74) is 5.75. The van der Waals surface area contributed by atoms with Crippen LogP contribution in [0.15, 0.2) is 100 Å². The van der Waals surface area contributed by atoms with E-state index in [9.17, 15) is 4.79 Å². The minimum Gasteiger partial charge on any atom is -0.373 e. The number of nitrogens with zero attached hydrogens (tertiary/aromatic N) is 4. The first kappa shape index (κ1) is 25.8. The molecule has 0 bridgehead atoms. The molecule has 0 amide bonds. The molecule has 2 atom stereocenters. The van der Waals surface area contributed by atoms with E-state index < -0.39 is 0 Å². The number of ether oxygens (including phenoxy) is 1. The molecule has 0 spiro atoms. The molecular weight excluding hydrogens is 498 g/mol. The molecule has 200 valence electrons. The summed E-state index contributed by atoms with van der Waals surface area (Å²) in [6.45, 7) is 7.12. The Bertz CT molecular complexity index is 1750. The van der Waals surface area contributed by atoms with E-state index in [0.29, 0.717) is 11.4 Å². The van der Waals surface area contributed by atoms with Gasteiger partial charge in [-0.15, -0.1) is 10.2 Å². The van der Waals surface area contributed by atoms with E-state index in [4.69, 9.17) is 4.74 Å². The first-order valence-electron chi connectivity index (χ1n) is 13.6. The van der Waals surface area contributed by atoms with Crippen LogP contribution in [0.3, 0.4) is 0 Å². The van der Waals surface area contributed by atoms with Gasteiger partial charge in [0, 0.05) is 36.6 Å². The molecule has 7 heteroatoms. The van der Waals surface area contributed by atoms with E-state index in [1.807, 2.05) is 54.6 Å². The van der Waals surface area contributed by atoms with Gasteiger partial charge < -0.3 is 9.72 Å². The van der Waals surface area contributed by atoms with Crippen molar-refractivity contribution >= 4 is 23.5 Å². The van der Waals surface area contributed by atoms with Gasteiger partial charge in [-0.25, -0.2) is 4.98 Å². The molecule has 4 aromatic rings. The van der Waals surface area contributed by atoms with Gasteiger partial charge in [-0.2, -0.15) is 0 Å². The van der Waals surface area contributed by atoms with Crippen LogP contribution in [0.5, 0.6) is 0 Å². The number of nitrogens with one attached hydrogen (secondary N) is 1. The number of fused-ring (bicyclic) bond motifs is 1. The summed E-state index contributed by atoms with van der Waals surface area (Å²) in [6.07, 6.45) is 8.00. The van der Waals surface area contributed by atoms with Crippen molar-refractivity contribution in [2.75, 3.05) is 13.1 Å². The predicted molar refractivity (Wildman–Crippen MR) is 158 cm³/mol. The van der Waals surface area contributed by atoms with Gasteiger partial charge >= 0.3 is 0 Å². The standard InChI is InChI=1S/C33H31N5O2/c1-22-19-38(20-23(2)40-22)21-25-10-8-24(9-11-25)13-15-29-28-14-12-26(16-30(28)37-36-29)17-31-33(39)34-18-32(35-31)27-6-4-3-5-7-27/h3-18,22-23H,19-21H2,1-2H3,(H,34,39)/b15-13+,26-17?/t22-,23+. The summed E-state index contributed by atoms with van der Waals surface area (Å²) in [5.74, 6) is 0. The summed E-state index contributed by atoms with van der Waals surface area (Å²) in [5, 5.41) is 10.6. The molecule has 2 aliphatic rings. The lowest BCUT2D eigenvalue weighted by Gasteiger charge is -2.35. The largest absolute Gasteiger partial charge is 0.373 e. The van der Waals surface area contributed by atoms with Crippen LogP contribution in [0.1, 0.15) is 30.7 Å². The van der Waals surface area contributed by atoms with Crippen LogP contribution in [-0.2, 0) is 11.3 Å². The predicted octanol–water partition coefficient (Wildman–Crippen LogP) is 4.79. The molecule has 1 saturated heterocycles. The molecule has 7 nitrogen and oxygen atoms in total. The summed E-state index contributed by atoms with van der Waals surface area (Å²) in [7, 11) is 0. The van der Waals surface area contributed by atoms with Crippen LogP contribution < -0.4 is 16.0 Å². The quantitative estimate of drug-likeness (QED) is 0.389. The Morgan fingerprint density at radius 2 is 1.73 bits per heavy atom. The molecule has 6 rings (SSSR count). The second-order valence-electron chi connectivity index (χ2n) is 10.4. The number of benzene rings is 3. The van der Waals surface area contributed by atoms with E-state index in [2.05, 4.69) is 69.3 Å². The van der Waals surface area contributed by atoms with Gasteiger partial charge in [0.15, 0.2) is 0 Å². The third-order valence-corrected chi connectivity index (χ3v) is 7.06. The molecular formula is C33H31N5O2. The van der Waals surface area contributed by atoms with E-state index in [1.54, 1.807) is 12.3 Å². The number of H-pyrrole nitrogens is 1. The average molecular weight is 530 g/mol. The summed E-state index contributed by atoms with van der Waals surface area (Å²) in [6, 6.07) is 24.3. The number of rotatable bonds is 6. The highest BCUT2D eigenvalue weighted by molar-refractivity contribution is 5.71. The summed E-state index contributed by atoms with van der Waals surface area (Å²) >= 11 is 0. The van der Waals surface area contributed by atoms with Crippen LogP contribution in [0.25, 0.3) is 29.1 Å². The highest BCUT2D eigenvalue weighted by Gasteiger charge is 2.21. The zero-order valence-electron chi connectivity index (χ0n) is 22.6. The Kier molecular flexibility index (Phi) is 7.31. The minimum absolute atomic E-state index is 0.239. The Hall–Kier alpha value is -4.46. The highest BCUT2D eigenvalue weighted by Crippen LogP contribution is 2.19.